The van der Waals surface area contributed by atoms with E-state index in [9.17, 15) is 13.2 Å². The molecule has 1 amide bonds. The van der Waals surface area contributed by atoms with Crippen LogP contribution in [0.25, 0.3) is 0 Å². The molecule has 156 valence electrons. The predicted molar refractivity (Wildman–Crippen MR) is 117 cm³/mol. The fraction of sp³-hybridized carbons (Fsp3) is 0.435. The van der Waals surface area contributed by atoms with Crippen molar-refractivity contribution in [1.29, 1.82) is 0 Å². The number of carbonyl (C=O) groups is 1. The highest BCUT2D eigenvalue weighted by Crippen LogP contribution is 2.26. The van der Waals surface area contributed by atoms with E-state index in [-0.39, 0.29) is 11.9 Å². The number of nitrogens with one attached hydrogen (secondary N) is 1. The fourth-order valence-corrected chi connectivity index (χ4v) is 5.26. The lowest BCUT2D eigenvalue weighted by molar-refractivity contribution is -0.122. The summed E-state index contributed by atoms with van der Waals surface area (Å²) in [6.07, 6.45) is 6.16. The molecule has 3 rings (SSSR count). The maximum atomic E-state index is 13.1. The Labute approximate surface area is 174 Å². The molecule has 6 heteroatoms. The number of nitrogens with zero attached hydrogens (tertiary/aromatic N) is 1. The van der Waals surface area contributed by atoms with E-state index in [0.717, 1.165) is 24.7 Å². The first-order valence-electron chi connectivity index (χ1n) is 10.3. The molecule has 29 heavy (non-hydrogen) atoms. The van der Waals surface area contributed by atoms with Gasteiger partial charge in [-0.3, -0.25) is 9.10 Å². The number of sulfonamides is 1. The molecule has 0 radical (unpaired) electrons. The van der Waals surface area contributed by atoms with E-state index in [1.807, 2.05) is 19.9 Å². The molecule has 0 heterocycles. The number of para-hydroxylation sites is 1. The molecule has 2 aromatic carbocycles. The van der Waals surface area contributed by atoms with Crippen LogP contribution < -0.4 is 9.62 Å². The summed E-state index contributed by atoms with van der Waals surface area (Å²) >= 11 is 0. The lowest BCUT2D eigenvalue weighted by Gasteiger charge is -2.31. The number of hydrogen-bond acceptors (Lipinski definition) is 3. The first kappa shape index (κ1) is 21.4. The van der Waals surface area contributed by atoms with Crippen molar-refractivity contribution >= 4 is 21.6 Å². The van der Waals surface area contributed by atoms with Gasteiger partial charge in [-0.2, -0.15) is 0 Å². The maximum absolute atomic E-state index is 13.1. The third-order valence-electron chi connectivity index (χ3n) is 5.57. The van der Waals surface area contributed by atoms with Gasteiger partial charge >= 0.3 is 0 Å². The summed E-state index contributed by atoms with van der Waals surface area (Å²) in [6, 6.07) is 14.2. The van der Waals surface area contributed by atoms with Gasteiger partial charge in [0.25, 0.3) is 0 Å². The molecular formula is C23H30N2O3S. The van der Waals surface area contributed by atoms with E-state index in [0.29, 0.717) is 12.1 Å². The van der Waals surface area contributed by atoms with E-state index in [4.69, 9.17) is 0 Å². The maximum Gasteiger partial charge on any atom is 0.244 e. The van der Waals surface area contributed by atoms with Gasteiger partial charge < -0.3 is 5.32 Å². The third kappa shape index (κ3) is 4.99. The summed E-state index contributed by atoms with van der Waals surface area (Å²) in [5.41, 5.74) is 4.32. The molecule has 0 unspecified atom stereocenters. The van der Waals surface area contributed by atoms with Crippen molar-refractivity contribution in [3.05, 3.63) is 65.2 Å². The zero-order valence-corrected chi connectivity index (χ0v) is 18.2. The molecule has 0 aliphatic heterocycles. The van der Waals surface area contributed by atoms with Gasteiger partial charge in [0.2, 0.25) is 15.9 Å². The van der Waals surface area contributed by atoms with E-state index in [1.165, 1.54) is 28.3 Å². The summed E-state index contributed by atoms with van der Waals surface area (Å²) in [6.45, 7) is 3.78. The largest absolute Gasteiger partial charge is 0.348 e. The number of hydrogen-bond donors (Lipinski definition) is 1. The Morgan fingerprint density at radius 1 is 1.07 bits per heavy atom. The van der Waals surface area contributed by atoms with Crippen LogP contribution in [-0.4, -0.2) is 26.6 Å². The van der Waals surface area contributed by atoms with Crippen LogP contribution in [0.2, 0.25) is 0 Å². The van der Waals surface area contributed by atoms with Crippen LogP contribution in [0, 0.1) is 0 Å². The zero-order chi connectivity index (χ0) is 21.0. The van der Waals surface area contributed by atoms with Crippen LogP contribution in [-0.2, 0) is 27.7 Å². The minimum atomic E-state index is -3.61. The molecule has 1 aliphatic carbocycles. The van der Waals surface area contributed by atoms with Gasteiger partial charge in [0.1, 0.15) is 6.04 Å². The first-order chi connectivity index (χ1) is 13.8. The van der Waals surface area contributed by atoms with Crippen molar-refractivity contribution in [2.24, 2.45) is 0 Å². The lowest BCUT2D eigenvalue weighted by Crippen LogP contribution is -2.49. The molecule has 0 spiro atoms. The van der Waals surface area contributed by atoms with Crippen molar-refractivity contribution in [2.45, 2.75) is 58.0 Å². The minimum absolute atomic E-state index is 0.194. The van der Waals surface area contributed by atoms with Crippen LogP contribution in [0.1, 0.15) is 55.8 Å². The van der Waals surface area contributed by atoms with E-state index in [2.05, 4.69) is 23.5 Å². The Morgan fingerprint density at radius 3 is 2.34 bits per heavy atom. The quantitative estimate of drug-likeness (QED) is 0.745. The number of carbonyl (C=O) groups excluding carboxylic acids is 1. The molecule has 0 saturated carbocycles. The van der Waals surface area contributed by atoms with Crippen LogP contribution in [0.4, 0.5) is 5.69 Å². The van der Waals surface area contributed by atoms with Crippen LogP contribution >= 0.6 is 0 Å². The second-order valence-electron chi connectivity index (χ2n) is 7.78. The second-order valence-corrected chi connectivity index (χ2v) is 9.64. The van der Waals surface area contributed by atoms with Crippen molar-refractivity contribution in [2.75, 3.05) is 10.6 Å². The number of rotatable bonds is 7. The topological polar surface area (TPSA) is 66.5 Å². The van der Waals surface area contributed by atoms with Crippen LogP contribution in [0.5, 0.6) is 0 Å². The Morgan fingerprint density at radius 2 is 1.72 bits per heavy atom. The summed E-state index contributed by atoms with van der Waals surface area (Å²) in [7, 11) is -3.61. The van der Waals surface area contributed by atoms with Gasteiger partial charge in [-0.1, -0.05) is 43.3 Å². The van der Waals surface area contributed by atoms with Crippen molar-refractivity contribution < 1.29 is 13.2 Å². The summed E-state index contributed by atoms with van der Waals surface area (Å²) in [5, 5.41) is 3.03. The fourth-order valence-electron chi connectivity index (χ4n) is 4.05. The van der Waals surface area contributed by atoms with Crippen LogP contribution in [0.3, 0.4) is 0 Å². The van der Waals surface area contributed by atoms with E-state index < -0.39 is 16.1 Å². The highest BCUT2D eigenvalue weighted by atomic mass is 32.2. The normalized spacial score (nSPS) is 15.8. The number of aryl methyl sites for hydroxylation is 2. The average Bonchev–Trinajstić information content (AvgIpc) is 2.71. The van der Waals surface area contributed by atoms with E-state index >= 15 is 0 Å². The summed E-state index contributed by atoms with van der Waals surface area (Å²) < 4.78 is 26.2. The molecule has 0 bridgehead atoms. The van der Waals surface area contributed by atoms with Gasteiger partial charge in [-0.25, -0.2) is 8.42 Å². The number of amides is 1. The van der Waals surface area contributed by atoms with Crippen LogP contribution in [0.15, 0.2) is 48.5 Å². The van der Waals surface area contributed by atoms with Gasteiger partial charge in [0.15, 0.2) is 0 Å². The van der Waals surface area contributed by atoms with Crippen molar-refractivity contribution in [3.63, 3.8) is 0 Å². The highest BCUT2D eigenvalue weighted by Gasteiger charge is 2.32. The zero-order valence-electron chi connectivity index (χ0n) is 17.4. The number of anilines is 1. The molecule has 5 nitrogen and oxygen atoms in total. The number of fused-ring (bicyclic) bond motifs is 1. The Kier molecular flexibility index (Phi) is 6.63. The number of benzene rings is 2. The third-order valence-corrected chi connectivity index (χ3v) is 6.75. The Hall–Kier alpha value is -2.34. The summed E-state index contributed by atoms with van der Waals surface area (Å²) in [4.78, 5) is 13.1. The molecule has 2 aromatic rings. The van der Waals surface area contributed by atoms with Gasteiger partial charge in [0, 0.05) is 0 Å². The standard InChI is InChI=1S/C23H30N2O3S/c1-4-22(25(29(3,27)28)21-12-6-5-7-13-21)23(26)24-17(2)19-15-14-18-10-8-9-11-20(18)16-19/h5-7,12-17,22H,4,8-11H2,1-3H3,(H,24,26)/t17-,22+/m1/s1. The lowest BCUT2D eigenvalue weighted by atomic mass is 9.89. The molecule has 0 saturated heterocycles. The highest BCUT2D eigenvalue weighted by molar-refractivity contribution is 7.92. The molecule has 1 N–H and O–H groups in total. The van der Waals surface area contributed by atoms with Crippen molar-refractivity contribution in [1.82, 2.24) is 5.32 Å². The molecule has 2 atom stereocenters. The molecule has 1 aliphatic rings. The Balaban J connectivity index is 1.81. The van der Waals surface area contributed by atoms with Gasteiger partial charge in [-0.15, -0.1) is 0 Å². The summed E-state index contributed by atoms with van der Waals surface area (Å²) in [5.74, 6) is -0.285. The molecule has 0 fully saturated rings. The average molecular weight is 415 g/mol. The monoisotopic (exact) mass is 414 g/mol. The SMILES string of the molecule is CC[C@@H](C(=O)N[C@H](C)c1ccc2c(c1)CCCC2)N(c1ccccc1)S(C)(=O)=O. The van der Waals surface area contributed by atoms with Crippen molar-refractivity contribution in [3.8, 4) is 0 Å². The Bertz CT molecular complexity index is 957. The molecular weight excluding hydrogens is 384 g/mol. The minimum Gasteiger partial charge on any atom is -0.348 e. The second kappa shape index (κ2) is 8.99. The van der Waals surface area contributed by atoms with Gasteiger partial charge in [0.05, 0.1) is 18.0 Å². The first-order valence-corrected chi connectivity index (χ1v) is 12.1. The smallest absolute Gasteiger partial charge is 0.244 e. The van der Waals surface area contributed by atoms with Gasteiger partial charge in [-0.05, 0) is 67.9 Å². The molecule has 0 aromatic heterocycles. The predicted octanol–water partition coefficient (Wildman–Crippen LogP) is 3.99. The van der Waals surface area contributed by atoms with E-state index in [1.54, 1.807) is 24.3 Å².